The van der Waals surface area contributed by atoms with Crippen LogP contribution >= 0.6 is 0 Å². The van der Waals surface area contributed by atoms with E-state index in [9.17, 15) is 19.8 Å². The molecule has 0 rings (SSSR count). The van der Waals surface area contributed by atoms with Crippen LogP contribution in [0.5, 0.6) is 0 Å². The third-order valence-corrected chi connectivity index (χ3v) is 12.8. The molecule has 0 bridgehead atoms. The number of aliphatic hydroxyl groups excluding tert-OH is 2. The van der Waals surface area contributed by atoms with Gasteiger partial charge in [0.15, 0.2) is 0 Å². The molecule has 2 atom stereocenters. The maximum Gasteiger partial charge on any atom is 0.305 e. The molecule has 0 saturated heterocycles. The van der Waals surface area contributed by atoms with Crippen LogP contribution in [0.1, 0.15) is 303 Å². The minimum Gasteiger partial charge on any atom is -0.466 e. The van der Waals surface area contributed by atoms with Crippen LogP contribution in [0.4, 0.5) is 0 Å². The first-order valence-electron chi connectivity index (χ1n) is 27.5. The fourth-order valence-electron chi connectivity index (χ4n) is 8.58. The second kappa shape index (κ2) is 51.2. The molecule has 362 valence electrons. The molecule has 6 heteroatoms. The number of carbonyl (C=O) groups excluding carboxylic acids is 2. The Bertz CT molecular complexity index is 909. The molecule has 0 aromatic heterocycles. The van der Waals surface area contributed by atoms with E-state index in [1.165, 1.54) is 218 Å². The van der Waals surface area contributed by atoms with E-state index >= 15 is 0 Å². The van der Waals surface area contributed by atoms with E-state index in [1.54, 1.807) is 6.08 Å². The van der Waals surface area contributed by atoms with Crippen molar-refractivity contribution in [3.05, 3.63) is 12.2 Å². The standard InChI is InChI=1S/C55H107NO5/c1-3-5-7-9-11-13-15-17-18-19-20-21-22-24-29-33-37-41-45-49-55(60)61-50-46-42-38-34-30-26-25-28-32-36-40-44-48-54(59)56-52(51-57)53(58)47-43-39-35-31-27-23-16-14-12-10-8-6-4-2/h43,47,52-53,57-58H,3-42,44-46,48-51H2,1-2H3,(H,56,59)/b47-43+. The predicted octanol–water partition coefficient (Wildman–Crippen LogP) is 16.5. The van der Waals surface area contributed by atoms with Crippen molar-refractivity contribution in [1.29, 1.82) is 0 Å². The largest absolute Gasteiger partial charge is 0.466 e. The van der Waals surface area contributed by atoms with Crippen molar-refractivity contribution in [1.82, 2.24) is 5.32 Å². The van der Waals surface area contributed by atoms with Gasteiger partial charge in [0.25, 0.3) is 0 Å². The van der Waals surface area contributed by atoms with Crippen molar-refractivity contribution in [3.63, 3.8) is 0 Å². The zero-order chi connectivity index (χ0) is 44.4. The highest BCUT2D eigenvalue weighted by Crippen LogP contribution is 2.17. The van der Waals surface area contributed by atoms with Gasteiger partial charge in [-0.25, -0.2) is 0 Å². The Labute approximate surface area is 380 Å². The van der Waals surface area contributed by atoms with Gasteiger partial charge in [0.1, 0.15) is 0 Å². The molecule has 0 heterocycles. The first-order valence-corrected chi connectivity index (χ1v) is 27.5. The highest BCUT2D eigenvalue weighted by Gasteiger charge is 2.18. The first kappa shape index (κ1) is 59.6. The van der Waals surface area contributed by atoms with E-state index in [2.05, 4.69) is 19.2 Å². The molecule has 0 aliphatic carbocycles. The van der Waals surface area contributed by atoms with E-state index in [4.69, 9.17) is 4.74 Å². The summed E-state index contributed by atoms with van der Waals surface area (Å²) < 4.78 is 5.48. The second-order valence-electron chi connectivity index (χ2n) is 18.9. The van der Waals surface area contributed by atoms with Gasteiger partial charge in [-0.3, -0.25) is 9.59 Å². The number of allylic oxidation sites excluding steroid dienone is 1. The number of hydrogen-bond acceptors (Lipinski definition) is 5. The van der Waals surface area contributed by atoms with Crippen molar-refractivity contribution in [3.8, 4) is 0 Å². The third-order valence-electron chi connectivity index (χ3n) is 12.8. The lowest BCUT2D eigenvalue weighted by Crippen LogP contribution is -2.45. The van der Waals surface area contributed by atoms with Crippen LogP contribution in [0.3, 0.4) is 0 Å². The van der Waals surface area contributed by atoms with Crippen molar-refractivity contribution < 1.29 is 24.5 Å². The van der Waals surface area contributed by atoms with Crippen molar-refractivity contribution in [2.75, 3.05) is 13.2 Å². The summed E-state index contributed by atoms with van der Waals surface area (Å²) >= 11 is 0. The SMILES string of the molecule is CCCCCCCCCCCCC/C=C/C(O)C(CO)NC(=O)CCCCCCCCCCCCCCOC(=O)CCCCCCCCCCCCCCCCCCCCC. The predicted molar refractivity (Wildman–Crippen MR) is 264 cm³/mol. The number of amides is 1. The molecule has 61 heavy (non-hydrogen) atoms. The molecular formula is C55H107NO5. The van der Waals surface area contributed by atoms with Gasteiger partial charge in [-0.1, -0.05) is 270 Å². The molecule has 2 unspecified atom stereocenters. The van der Waals surface area contributed by atoms with Gasteiger partial charge in [0.2, 0.25) is 5.91 Å². The lowest BCUT2D eigenvalue weighted by atomic mass is 10.0. The number of rotatable bonds is 51. The Morgan fingerprint density at radius 3 is 1.11 bits per heavy atom. The molecule has 0 aliphatic rings. The summed E-state index contributed by atoms with van der Waals surface area (Å²) in [6.07, 6.45) is 59.3. The summed E-state index contributed by atoms with van der Waals surface area (Å²) in [7, 11) is 0. The van der Waals surface area contributed by atoms with Crippen LogP contribution < -0.4 is 5.32 Å². The highest BCUT2D eigenvalue weighted by molar-refractivity contribution is 5.76. The van der Waals surface area contributed by atoms with Gasteiger partial charge in [-0.05, 0) is 32.1 Å². The van der Waals surface area contributed by atoms with E-state index in [-0.39, 0.29) is 18.5 Å². The van der Waals surface area contributed by atoms with Crippen molar-refractivity contribution in [2.45, 2.75) is 315 Å². The zero-order valence-corrected chi connectivity index (χ0v) is 41.2. The first-order chi connectivity index (χ1) is 30.0. The van der Waals surface area contributed by atoms with Gasteiger partial charge >= 0.3 is 5.97 Å². The summed E-state index contributed by atoms with van der Waals surface area (Å²) in [4.78, 5) is 24.5. The number of aliphatic hydroxyl groups is 2. The van der Waals surface area contributed by atoms with Crippen molar-refractivity contribution >= 4 is 11.9 Å². The summed E-state index contributed by atoms with van der Waals surface area (Å²) in [5.74, 6) is -0.0882. The third kappa shape index (κ3) is 47.9. The minimum absolute atomic E-state index is 0.00588. The highest BCUT2D eigenvalue weighted by atomic mass is 16.5. The second-order valence-corrected chi connectivity index (χ2v) is 18.9. The Hall–Kier alpha value is -1.40. The molecule has 0 saturated carbocycles. The normalized spacial score (nSPS) is 12.7. The number of nitrogens with one attached hydrogen (secondary N) is 1. The summed E-state index contributed by atoms with van der Waals surface area (Å²) in [5.41, 5.74) is 0. The Morgan fingerprint density at radius 2 is 0.754 bits per heavy atom. The molecule has 0 aliphatic heterocycles. The fraction of sp³-hybridized carbons (Fsp3) is 0.927. The molecule has 0 aromatic rings. The Balaban J connectivity index is 3.44. The van der Waals surface area contributed by atoms with Crippen molar-refractivity contribution in [2.24, 2.45) is 0 Å². The molecule has 3 N–H and O–H groups in total. The Morgan fingerprint density at radius 1 is 0.443 bits per heavy atom. The van der Waals surface area contributed by atoms with Gasteiger partial charge in [-0.2, -0.15) is 0 Å². The van der Waals surface area contributed by atoms with E-state index in [0.717, 1.165) is 57.8 Å². The van der Waals surface area contributed by atoms with Crippen LogP contribution in [-0.4, -0.2) is 47.4 Å². The summed E-state index contributed by atoms with van der Waals surface area (Å²) in [5, 5.41) is 23.0. The fourth-order valence-corrected chi connectivity index (χ4v) is 8.58. The van der Waals surface area contributed by atoms with Crippen LogP contribution in [-0.2, 0) is 14.3 Å². The average molecular weight is 862 g/mol. The molecule has 0 radical (unpaired) electrons. The molecule has 1 amide bonds. The molecule has 6 nitrogen and oxygen atoms in total. The number of carbonyl (C=O) groups is 2. The number of hydrogen-bond donors (Lipinski definition) is 3. The monoisotopic (exact) mass is 862 g/mol. The van der Waals surface area contributed by atoms with Crippen LogP contribution in [0.2, 0.25) is 0 Å². The topological polar surface area (TPSA) is 95.9 Å². The quantitative estimate of drug-likeness (QED) is 0.0322. The maximum absolute atomic E-state index is 12.4. The average Bonchev–Trinajstić information content (AvgIpc) is 3.26. The number of unbranched alkanes of at least 4 members (excludes halogenated alkanes) is 40. The van der Waals surface area contributed by atoms with Crippen LogP contribution in [0.25, 0.3) is 0 Å². The van der Waals surface area contributed by atoms with E-state index in [0.29, 0.717) is 19.4 Å². The van der Waals surface area contributed by atoms with E-state index < -0.39 is 12.1 Å². The van der Waals surface area contributed by atoms with Gasteiger partial charge in [0.05, 0.1) is 25.4 Å². The molecular weight excluding hydrogens is 755 g/mol. The zero-order valence-electron chi connectivity index (χ0n) is 41.2. The smallest absolute Gasteiger partial charge is 0.305 e. The van der Waals surface area contributed by atoms with E-state index in [1.807, 2.05) is 6.08 Å². The lowest BCUT2D eigenvalue weighted by Gasteiger charge is -2.20. The number of esters is 1. The van der Waals surface area contributed by atoms with Crippen LogP contribution in [0, 0.1) is 0 Å². The van der Waals surface area contributed by atoms with Crippen LogP contribution in [0.15, 0.2) is 12.2 Å². The lowest BCUT2D eigenvalue weighted by molar-refractivity contribution is -0.143. The minimum atomic E-state index is -0.853. The Kier molecular flexibility index (Phi) is 50.1. The number of ether oxygens (including phenoxy) is 1. The molecule has 0 spiro atoms. The van der Waals surface area contributed by atoms with Gasteiger partial charge < -0.3 is 20.3 Å². The summed E-state index contributed by atoms with van der Waals surface area (Å²) in [6.45, 7) is 4.88. The van der Waals surface area contributed by atoms with Gasteiger partial charge in [-0.15, -0.1) is 0 Å². The van der Waals surface area contributed by atoms with Gasteiger partial charge in [0, 0.05) is 12.8 Å². The maximum atomic E-state index is 12.4. The molecule has 0 fully saturated rings. The molecule has 0 aromatic carbocycles. The summed E-state index contributed by atoms with van der Waals surface area (Å²) in [6, 6.07) is -0.637.